The second kappa shape index (κ2) is 10.9. The first-order chi connectivity index (χ1) is 14.9. The number of likely N-dealkylation sites (N-methyl/N-ethyl adjacent to an activating group) is 1. The predicted octanol–water partition coefficient (Wildman–Crippen LogP) is 4.00. The Bertz CT molecular complexity index is 954. The van der Waals surface area contributed by atoms with E-state index in [1.165, 1.54) is 15.6 Å². The molecular weight excluding hydrogens is 454 g/mol. The summed E-state index contributed by atoms with van der Waals surface area (Å²) < 4.78 is 27.2. The third-order valence-corrected chi connectivity index (χ3v) is 9.52. The number of hydrogen-bond acceptors (Lipinski definition) is 5. The van der Waals surface area contributed by atoms with Crippen molar-refractivity contribution in [1.29, 1.82) is 0 Å². The maximum atomic E-state index is 12.9. The average Bonchev–Trinajstić information content (AvgIpc) is 3.33. The Kier molecular flexibility index (Phi) is 8.52. The second-order valence-corrected chi connectivity index (χ2v) is 11.1. The van der Waals surface area contributed by atoms with Crippen LogP contribution in [0.15, 0.2) is 46.0 Å². The lowest BCUT2D eigenvalue weighted by atomic mass is 9.97. The monoisotopic (exact) mass is 483 g/mol. The lowest BCUT2D eigenvalue weighted by molar-refractivity contribution is -0.126. The van der Waals surface area contributed by atoms with Crippen molar-refractivity contribution in [2.75, 3.05) is 32.7 Å². The number of amides is 1. The Hall–Kier alpha value is -1.45. The quantitative estimate of drug-likeness (QED) is 0.585. The van der Waals surface area contributed by atoms with Crippen LogP contribution in [0.5, 0.6) is 0 Å². The summed E-state index contributed by atoms with van der Waals surface area (Å²) in [5.41, 5.74) is 1.00. The zero-order valence-corrected chi connectivity index (χ0v) is 20.3. The zero-order valence-electron chi connectivity index (χ0n) is 18.0. The zero-order chi connectivity index (χ0) is 22.4. The van der Waals surface area contributed by atoms with Crippen molar-refractivity contribution in [3.05, 3.63) is 52.4 Å². The fraction of sp³-hybridized carbons (Fsp3) is 0.500. The Morgan fingerprint density at radius 3 is 2.45 bits per heavy atom. The molecule has 1 aliphatic heterocycles. The third-order valence-electron chi connectivity index (χ3n) is 5.90. The predicted molar refractivity (Wildman–Crippen MR) is 126 cm³/mol. The van der Waals surface area contributed by atoms with Gasteiger partial charge in [0.1, 0.15) is 4.21 Å². The van der Waals surface area contributed by atoms with Crippen molar-refractivity contribution in [2.24, 2.45) is 5.92 Å². The lowest BCUT2D eigenvalue weighted by Crippen LogP contribution is -2.45. The Morgan fingerprint density at radius 2 is 1.87 bits per heavy atom. The molecule has 0 aliphatic carbocycles. The van der Waals surface area contributed by atoms with Crippen molar-refractivity contribution in [1.82, 2.24) is 14.5 Å². The first-order valence-corrected chi connectivity index (χ1v) is 13.4. The first kappa shape index (κ1) is 24.2. The largest absolute Gasteiger partial charge is 0.354 e. The molecule has 0 spiro atoms. The summed E-state index contributed by atoms with van der Waals surface area (Å²) in [6.45, 7) is 7.09. The van der Waals surface area contributed by atoms with Crippen molar-refractivity contribution >= 4 is 38.9 Å². The van der Waals surface area contributed by atoms with E-state index in [2.05, 4.69) is 24.1 Å². The topological polar surface area (TPSA) is 69.7 Å². The molecule has 3 rings (SSSR count). The highest BCUT2D eigenvalue weighted by atomic mass is 35.5. The summed E-state index contributed by atoms with van der Waals surface area (Å²) >= 11 is 7.66. The number of halogens is 1. The molecule has 1 saturated heterocycles. The maximum Gasteiger partial charge on any atom is 0.252 e. The van der Waals surface area contributed by atoms with Crippen LogP contribution in [0, 0.1) is 5.92 Å². The van der Waals surface area contributed by atoms with Crippen LogP contribution < -0.4 is 5.32 Å². The van der Waals surface area contributed by atoms with E-state index in [0.29, 0.717) is 41.7 Å². The van der Waals surface area contributed by atoms with Gasteiger partial charge in [0, 0.05) is 30.6 Å². The van der Waals surface area contributed by atoms with Gasteiger partial charge >= 0.3 is 0 Å². The molecule has 170 valence electrons. The molecule has 2 aromatic rings. The third kappa shape index (κ3) is 5.68. The van der Waals surface area contributed by atoms with Gasteiger partial charge in [-0.05, 0) is 49.0 Å². The molecule has 0 radical (unpaired) electrons. The molecule has 31 heavy (non-hydrogen) atoms. The van der Waals surface area contributed by atoms with Crippen LogP contribution >= 0.6 is 22.9 Å². The van der Waals surface area contributed by atoms with E-state index in [1.54, 1.807) is 17.5 Å². The number of nitrogens with one attached hydrogen (secondary N) is 1. The summed E-state index contributed by atoms with van der Waals surface area (Å²) in [6.07, 6.45) is 1.05. The number of carbonyl (C=O) groups excluding carboxylic acids is 1. The Morgan fingerprint density at radius 1 is 1.19 bits per heavy atom. The van der Waals surface area contributed by atoms with Crippen LogP contribution in [-0.4, -0.2) is 56.3 Å². The van der Waals surface area contributed by atoms with E-state index in [9.17, 15) is 13.2 Å². The molecule has 0 saturated carbocycles. The standard InChI is InChI=1S/C22H30ClN3O3S2/c1-3-25(4-2)20(18-8-5-6-9-19(18)23)16-24-22(27)17-11-13-26(14-12-17)31(28,29)21-10-7-15-30-21/h5-10,15,17,20H,3-4,11-14,16H2,1-2H3,(H,24,27). The van der Waals surface area contributed by atoms with Crippen LogP contribution in [0.2, 0.25) is 5.02 Å². The van der Waals surface area contributed by atoms with E-state index < -0.39 is 10.0 Å². The normalized spacial score (nSPS) is 17.0. The van der Waals surface area contributed by atoms with E-state index >= 15 is 0 Å². The molecule has 1 aliphatic rings. The average molecular weight is 484 g/mol. The molecule has 2 heterocycles. The molecule has 1 N–H and O–H groups in total. The minimum atomic E-state index is -3.45. The van der Waals surface area contributed by atoms with Gasteiger partial charge in [-0.1, -0.05) is 49.7 Å². The van der Waals surface area contributed by atoms with Gasteiger partial charge in [0.2, 0.25) is 5.91 Å². The second-order valence-electron chi connectivity index (χ2n) is 7.61. The fourth-order valence-corrected chi connectivity index (χ4v) is 6.96. The van der Waals surface area contributed by atoms with Crippen LogP contribution in [0.1, 0.15) is 38.3 Å². The lowest BCUT2D eigenvalue weighted by Gasteiger charge is -2.33. The minimum Gasteiger partial charge on any atom is -0.354 e. The van der Waals surface area contributed by atoms with Crippen LogP contribution in [0.4, 0.5) is 0 Å². The molecule has 6 nitrogen and oxygen atoms in total. The minimum absolute atomic E-state index is 0.00746. The van der Waals surface area contributed by atoms with Crippen molar-refractivity contribution < 1.29 is 13.2 Å². The fourth-order valence-electron chi connectivity index (χ4n) is 4.08. The number of nitrogens with zero attached hydrogens (tertiary/aromatic N) is 2. The SMILES string of the molecule is CCN(CC)C(CNC(=O)C1CCN(S(=O)(=O)c2cccs2)CC1)c1ccccc1Cl. The van der Waals surface area contributed by atoms with E-state index in [4.69, 9.17) is 11.6 Å². The van der Waals surface area contributed by atoms with E-state index in [0.717, 1.165) is 18.7 Å². The summed E-state index contributed by atoms with van der Waals surface area (Å²) in [5.74, 6) is -0.198. The summed E-state index contributed by atoms with van der Waals surface area (Å²) in [5, 5.41) is 5.56. The Balaban J connectivity index is 1.60. The number of sulfonamides is 1. The highest BCUT2D eigenvalue weighted by Crippen LogP contribution is 2.28. The van der Waals surface area contributed by atoms with E-state index in [1.807, 2.05) is 24.3 Å². The molecule has 1 aromatic heterocycles. The first-order valence-electron chi connectivity index (χ1n) is 10.7. The highest BCUT2D eigenvalue weighted by Gasteiger charge is 2.33. The van der Waals surface area contributed by atoms with Gasteiger partial charge < -0.3 is 5.32 Å². The molecule has 1 amide bonds. The summed E-state index contributed by atoms with van der Waals surface area (Å²) in [4.78, 5) is 15.2. The molecule has 9 heteroatoms. The van der Waals surface area contributed by atoms with Crippen LogP contribution in [0.25, 0.3) is 0 Å². The van der Waals surface area contributed by atoms with Gasteiger partial charge in [0.15, 0.2) is 0 Å². The van der Waals surface area contributed by atoms with E-state index in [-0.39, 0.29) is 17.9 Å². The number of carbonyl (C=O) groups is 1. The molecule has 1 fully saturated rings. The summed E-state index contributed by atoms with van der Waals surface area (Å²) in [7, 11) is -3.45. The summed E-state index contributed by atoms with van der Waals surface area (Å²) in [6, 6.07) is 11.1. The van der Waals surface area contributed by atoms with Crippen molar-refractivity contribution in [3.63, 3.8) is 0 Å². The number of thiophene rings is 1. The van der Waals surface area contributed by atoms with Crippen molar-refractivity contribution in [2.45, 2.75) is 36.9 Å². The highest BCUT2D eigenvalue weighted by molar-refractivity contribution is 7.91. The van der Waals surface area contributed by atoms with Gasteiger partial charge in [-0.15, -0.1) is 11.3 Å². The number of hydrogen-bond donors (Lipinski definition) is 1. The number of piperidine rings is 1. The maximum absolute atomic E-state index is 12.9. The molecule has 1 atom stereocenters. The smallest absolute Gasteiger partial charge is 0.252 e. The van der Waals surface area contributed by atoms with Gasteiger partial charge in [-0.2, -0.15) is 4.31 Å². The molecule has 1 unspecified atom stereocenters. The Labute approximate surface area is 194 Å². The van der Waals surface area contributed by atoms with Gasteiger partial charge in [0.05, 0.1) is 6.04 Å². The van der Waals surface area contributed by atoms with Gasteiger partial charge in [-0.25, -0.2) is 8.42 Å². The molecule has 0 bridgehead atoms. The van der Waals surface area contributed by atoms with Crippen molar-refractivity contribution in [3.8, 4) is 0 Å². The number of rotatable bonds is 9. The van der Waals surface area contributed by atoms with Crippen LogP contribution in [-0.2, 0) is 14.8 Å². The van der Waals surface area contributed by atoms with Crippen LogP contribution in [0.3, 0.4) is 0 Å². The molecule has 1 aromatic carbocycles. The van der Waals surface area contributed by atoms with Gasteiger partial charge in [0.25, 0.3) is 10.0 Å². The molecular formula is C22H30ClN3O3S2. The number of benzene rings is 1. The van der Waals surface area contributed by atoms with Gasteiger partial charge in [-0.3, -0.25) is 9.69 Å².